The van der Waals surface area contributed by atoms with Gasteiger partial charge in [0.2, 0.25) is 0 Å². The van der Waals surface area contributed by atoms with Crippen molar-refractivity contribution in [2.24, 2.45) is 0 Å². The third kappa shape index (κ3) is 1.78. The van der Waals surface area contributed by atoms with Gasteiger partial charge in [-0.25, -0.2) is 0 Å². The normalized spacial score (nSPS) is 9.77. The highest BCUT2D eigenvalue weighted by Gasteiger charge is 2.10. The first-order valence-electron chi connectivity index (χ1n) is 3.83. The van der Waals surface area contributed by atoms with E-state index in [1.54, 1.807) is 19.1 Å². The number of benzene rings is 1. The Bertz CT molecular complexity index is 369. The molecule has 1 aromatic rings. The Balaban J connectivity index is 3.44. The molecule has 1 aromatic carbocycles. The van der Waals surface area contributed by atoms with Crippen LogP contribution in [-0.2, 0) is 0 Å². The predicted octanol–water partition coefficient (Wildman–Crippen LogP) is 2.66. The SMILES string of the molecule is CC(=O)c1ccc(Cl)c(C=O)c1C. The fourth-order valence-corrected chi connectivity index (χ4v) is 1.47. The van der Waals surface area contributed by atoms with Gasteiger partial charge in [-0.3, -0.25) is 9.59 Å². The number of rotatable bonds is 2. The van der Waals surface area contributed by atoms with E-state index in [0.717, 1.165) is 0 Å². The molecule has 0 aliphatic heterocycles. The van der Waals surface area contributed by atoms with E-state index in [-0.39, 0.29) is 5.78 Å². The molecule has 68 valence electrons. The van der Waals surface area contributed by atoms with Crippen molar-refractivity contribution in [2.75, 3.05) is 0 Å². The summed E-state index contributed by atoms with van der Waals surface area (Å²) < 4.78 is 0. The van der Waals surface area contributed by atoms with Crippen LogP contribution in [0.4, 0.5) is 0 Å². The Kier molecular flexibility index (Phi) is 2.83. The van der Waals surface area contributed by atoms with Gasteiger partial charge in [-0.2, -0.15) is 0 Å². The summed E-state index contributed by atoms with van der Waals surface area (Å²) in [4.78, 5) is 21.7. The summed E-state index contributed by atoms with van der Waals surface area (Å²) in [5, 5.41) is 0.387. The molecule has 0 fully saturated rings. The van der Waals surface area contributed by atoms with Crippen LogP contribution in [0, 0.1) is 6.92 Å². The Labute approximate surface area is 81.5 Å². The van der Waals surface area contributed by atoms with Gasteiger partial charge in [0.15, 0.2) is 12.1 Å². The zero-order valence-corrected chi connectivity index (χ0v) is 8.18. The van der Waals surface area contributed by atoms with Crippen molar-refractivity contribution < 1.29 is 9.59 Å². The number of aldehydes is 1. The molecule has 0 bridgehead atoms. The lowest BCUT2D eigenvalue weighted by atomic mass is 10.0. The molecule has 0 aliphatic carbocycles. The lowest BCUT2D eigenvalue weighted by molar-refractivity contribution is 0.101. The third-order valence-electron chi connectivity index (χ3n) is 1.96. The van der Waals surface area contributed by atoms with E-state index >= 15 is 0 Å². The van der Waals surface area contributed by atoms with Crippen molar-refractivity contribution in [1.29, 1.82) is 0 Å². The van der Waals surface area contributed by atoms with Gasteiger partial charge in [0.1, 0.15) is 0 Å². The summed E-state index contributed by atoms with van der Waals surface area (Å²) >= 11 is 5.76. The maximum Gasteiger partial charge on any atom is 0.160 e. The number of hydrogen-bond acceptors (Lipinski definition) is 2. The molecule has 2 nitrogen and oxygen atoms in total. The quantitative estimate of drug-likeness (QED) is 0.538. The number of ketones is 1. The third-order valence-corrected chi connectivity index (χ3v) is 2.29. The molecule has 1 rings (SSSR count). The minimum Gasteiger partial charge on any atom is -0.298 e. The molecular weight excluding hydrogens is 188 g/mol. The Hall–Kier alpha value is -1.15. The number of carbonyl (C=O) groups excluding carboxylic acids is 2. The standard InChI is InChI=1S/C10H9ClO2/c1-6-8(7(2)13)3-4-10(11)9(6)5-12/h3-5H,1-2H3. The van der Waals surface area contributed by atoms with Crippen molar-refractivity contribution in [3.05, 3.63) is 33.8 Å². The van der Waals surface area contributed by atoms with Gasteiger partial charge in [0.25, 0.3) is 0 Å². The van der Waals surface area contributed by atoms with E-state index in [0.29, 0.717) is 28.0 Å². The van der Waals surface area contributed by atoms with E-state index in [1.165, 1.54) is 6.92 Å². The maximum atomic E-state index is 11.1. The first-order valence-corrected chi connectivity index (χ1v) is 4.21. The summed E-state index contributed by atoms with van der Waals surface area (Å²) in [6, 6.07) is 3.20. The number of carbonyl (C=O) groups is 2. The van der Waals surface area contributed by atoms with E-state index in [1.807, 2.05) is 0 Å². The van der Waals surface area contributed by atoms with Crippen LogP contribution in [0.3, 0.4) is 0 Å². The highest BCUT2D eigenvalue weighted by Crippen LogP contribution is 2.21. The van der Waals surface area contributed by atoms with Crippen molar-refractivity contribution in [3.8, 4) is 0 Å². The molecule has 0 amide bonds. The molecule has 0 aliphatic rings. The van der Waals surface area contributed by atoms with E-state index < -0.39 is 0 Å². The zero-order chi connectivity index (χ0) is 10.0. The van der Waals surface area contributed by atoms with Crippen molar-refractivity contribution >= 4 is 23.7 Å². The Morgan fingerprint density at radius 1 is 1.46 bits per heavy atom. The number of halogens is 1. The van der Waals surface area contributed by atoms with E-state index in [9.17, 15) is 9.59 Å². The minimum absolute atomic E-state index is 0.0581. The largest absolute Gasteiger partial charge is 0.298 e. The first-order chi connectivity index (χ1) is 6.07. The van der Waals surface area contributed by atoms with Crippen LogP contribution in [0.1, 0.15) is 33.2 Å². The monoisotopic (exact) mass is 196 g/mol. The molecule has 0 saturated heterocycles. The second-order valence-electron chi connectivity index (χ2n) is 2.81. The van der Waals surface area contributed by atoms with Gasteiger partial charge in [0.05, 0.1) is 5.02 Å². The van der Waals surface area contributed by atoms with Gasteiger partial charge in [-0.05, 0) is 31.5 Å². The van der Waals surface area contributed by atoms with Crippen LogP contribution in [0.25, 0.3) is 0 Å². The van der Waals surface area contributed by atoms with Crippen LogP contribution < -0.4 is 0 Å². The lowest BCUT2D eigenvalue weighted by Gasteiger charge is -2.05. The summed E-state index contributed by atoms with van der Waals surface area (Å²) in [5.41, 5.74) is 1.59. The Morgan fingerprint density at radius 2 is 2.08 bits per heavy atom. The van der Waals surface area contributed by atoms with Gasteiger partial charge < -0.3 is 0 Å². The molecule has 0 N–H and O–H groups in total. The zero-order valence-electron chi connectivity index (χ0n) is 7.43. The van der Waals surface area contributed by atoms with Gasteiger partial charge >= 0.3 is 0 Å². The minimum atomic E-state index is -0.0581. The summed E-state index contributed by atoms with van der Waals surface area (Å²) in [7, 11) is 0. The first kappa shape index (κ1) is 9.93. The topological polar surface area (TPSA) is 34.1 Å². The maximum absolute atomic E-state index is 11.1. The second kappa shape index (κ2) is 3.71. The fourth-order valence-electron chi connectivity index (χ4n) is 1.22. The van der Waals surface area contributed by atoms with Crippen molar-refractivity contribution in [2.45, 2.75) is 13.8 Å². The molecule has 13 heavy (non-hydrogen) atoms. The fraction of sp³-hybridized carbons (Fsp3) is 0.200. The average Bonchev–Trinajstić information content (AvgIpc) is 2.04. The molecule has 0 heterocycles. The van der Waals surface area contributed by atoms with Gasteiger partial charge in [-0.1, -0.05) is 11.6 Å². The highest BCUT2D eigenvalue weighted by atomic mass is 35.5. The molecule has 3 heteroatoms. The van der Waals surface area contributed by atoms with Gasteiger partial charge in [0, 0.05) is 11.1 Å². The second-order valence-corrected chi connectivity index (χ2v) is 3.21. The van der Waals surface area contributed by atoms with Crippen LogP contribution in [0.5, 0.6) is 0 Å². The molecule has 0 atom stereocenters. The van der Waals surface area contributed by atoms with Crippen molar-refractivity contribution in [1.82, 2.24) is 0 Å². The molecule has 0 aromatic heterocycles. The van der Waals surface area contributed by atoms with Crippen LogP contribution in [-0.4, -0.2) is 12.1 Å². The molecule has 0 radical (unpaired) electrons. The molecule has 0 saturated carbocycles. The van der Waals surface area contributed by atoms with Gasteiger partial charge in [-0.15, -0.1) is 0 Å². The summed E-state index contributed by atoms with van der Waals surface area (Å²) in [6.07, 6.45) is 0.671. The number of hydrogen-bond donors (Lipinski definition) is 0. The van der Waals surface area contributed by atoms with Crippen LogP contribution >= 0.6 is 11.6 Å². The van der Waals surface area contributed by atoms with Crippen LogP contribution in [0.15, 0.2) is 12.1 Å². The number of Topliss-reactive ketones (excluding diaryl/α,β-unsaturated/α-hetero) is 1. The van der Waals surface area contributed by atoms with E-state index in [4.69, 9.17) is 11.6 Å². The van der Waals surface area contributed by atoms with E-state index in [2.05, 4.69) is 0 Å². The molecule has 0 unspecified atom stereocenters. The Morgan fingerprint density at radius 3 is 2.54 bits per heavy atom. The molecule has 0 spiro atoms. The summed E-state index contributed by atoms with van der Waals surface area (Å²) in [5.74, 6) is -0.0581. The highest BCUT2D eigenvalue weighted by molar-refractivity contribution is 6.33. The van der Waals surface area contributed by atoms with Crippen LogP contribution in [0.2, 0.25) is 5.02 Å². The summed E-state index contributed by atoms with van der Waals surface area (Å²) in [6.45, 7) is 3.18. The smallest absolute Gasteiger partial charge is 0.160 e. The predicted molar refractivity (Wildman–Crippen MR) is 51.6 cm³/mol. The molecular formula is C10H9ClO2. The lowest BCUT2D eigenvalue weighted by Crippen LogP contribution is -2.00. The van der Waals surface area contributed by atoms with Crippen molar-refractivity contribution in [3.63, 3.8) is 0 Å². The average molecular weight is 197 g/mol.